The van der Waals surface area contributed by atoms with Gasteiger partial charge in [0.1, 0.15) is 12.4 Å². The Labute approximate surface area is 206 Å². The van der Waals surface area contributed by atoms with E-state index in [1.807, 2.05) is 13.8 Å². The number of hydrogen-bond acceptors (Lipinski definition) is 7. The Morgan fingerprint density at radius 2 is 1.78 bits per heavy atom. The number of amides is 1. The zero-order valence-corrected chi connectivity index (χ0v) is 20.0. The number of rotatable bonds is 10. The van der Waals surface area contributed by atoms with Gasteiger partial charge in [0.15, 0.2) is 5.69 Å². The molecule has 0 aliphatic carbocycles. The smallest absolute Gasteiger partial charge is 0.338 e. The quantitative estimate of drug-likeness (QED) is 0.0918. The second kappa shape index (κ2) is 11.3. The number of aromatic nitrogens is 2. The number of hydrogen-bond donors (Lipinski definition) is 5. The van der Waals surface area contributed by atoms with Crippen LogP contribution in [0.5, 0.6) is 0 Å². The fraction of sp³-hybridized carbons (Fsp3) is 0.250. The van der Waals surface area contributed by atoms with Crippen molar-refractivity contribution in [3.05, 3.63) is 86.4 Å². The molecule has 0 saturated carbocycles. The van der Waals surface area contributed by atoms with E-state index >= 15 is 4.39 Å². The summed E-state index contributed by atoms with van der Waals surface area (Å²) in [6.07, 6.45) is 0. The van der Waals surface area contributed by atoms with Crippen molar-refractivity contribution in [1.82, 2.24) is 19.5 Å². The fourth-order valence-corrected chi connectivity index (χ4v) is 3.49. The molecule has 0 unspecified atom stereocenters. The van der Waals surface area contributed by atoms with Crippen LogP contribution in [0.2, 0.25) is 0 Å². The molecule has 0 saturated heterocycles. The van der Waals surface area contributed by atoms with Crippen molar-refractivity contribution in [2.75, 3.05) is 24.2 Å². The van der Waals surface area contributed by atoms with E-state index in [9.17, 15) is 14.4 Å². The van der Waals surface area contributed by atoms with Crippen molar-refractivity contribution in [3.63, 3.8) is 0 Å². The number of halogens is 1. The lowest BCUT2D eigenvalue weighted by Crippen LogP contribution is -2.46. The molecule has 2 aromatic carbocycles. The lowest BCUT2D eigenvalue weighted by Gasteiger charge is -2.22. The van der Waals surface area contributed by atoms with Gasteiger partial charge in [-0.15, -0.1) is 0 Å². The molecule has 190 valence electrons. The van der Waals surface area contributed by atoms with Crippen LogP contribution in [0.4, 0.5) is 15.8 Å². The second-order valence-electron chi connectivity index (χ2n) is 7.94. The normalized spacial score (nSPS) is 10.9. The van der Waals surface area contributed by atoms with Gasteiger partial charge in [-0.25, -0.2) is 18.9 Å². The predicted molar refractivity (Wildman–Crippen MR) is 137 cm³/mol. The molecule has 0 aliphatic heterocycles. The van der Waals surface area contributed by atoms with Crippen molar-refractivity contribution in [2.45, 2.75) is 26.9 Å². The van der Waals surface area contributed by atoms with E-state index in [4.69, 9.17) is 16.9 Å². The molecule has 1 amide bonds. The van der Waals surface area contributed by atoms with Crippen molar-refractivity contribution in [2.24, 2.45) is 5.73 Å². The molecule has 1 aromatic heterocycles. The Balaban J connectivity index is 1.97. The highest BCUT2D eigenvalue weighted by molar-refractivity contribution is 5.94. The monoisotopic (exact) mass is 496 g/mol. The fourth-order valence-electron chi connectivity index (χ4n) is 3.49. The van der Waals surface area contributed by atoms with Gasteiger partial charge in [0.2, 0.25) is 11.9 Å². The SMILES string of the molecule is CCN(CC)Nc1c(F)n(-c2cccc(N)c2)c(=O)n(CC(=O)NCc2ccc(C(=N)N)cc2)c1=O. The number of hydrazine groups is 1. The van der Waals surface area contributed by atoms with Gasteiger partial charge < -0.3 is 22.2 Å². The van der Waals surface area contributed by atoms with Crippen LogP contribution in [0.15, 0.2) is 58.1 Å². The molecule has 3 aromatic rings. The summed E-state index contributed by atoms with van der Waals surface area (Å²) in [4.78, 5) is 39.0. The van der Waals surface area contributed by atoms with Crippen molar-refractivity contribution in [3.8, 4) is 5.69 Å². The molecule has 12 heteroatoms. The molecule has 3 rings (SSSR count). The van der Waals surface area contributed by atoms with E-state index in [0.29, 0.717) is 33.5 Å². The van der Waals surface area contributed by atoms with E-state index in [-0.39, 0.29) is 18.1 Å². The lowest BCUT2D eigenvalue weighted by atomic mass is 10.1. The summed E-state index contributed by atoms with van der Waals surface area (Å²) in [7, 11) is 0. The molecule has 0 spiro atoms. The summed E-state index contributed by atoms with van der Waals surface area (Å²) < 4.78 is 16.9. The Bertz CT molecular complexity index is 1380. The van der Waals surface area contributed by atoms with Gasteiger partial charge in [-0.2, -0.15) is 4.39 Å². The number of anilines is 2. The summed E-state index contributed by atoms with van der Waals surface area (Å²) in [5.41, 5.74) is 13.2. The molecule has 1 heterocycles. The van der Waals surface area contributed by atoms with Gasteiger partial charge in [0, 0.05) is 30.9 Å². The summed E-state index contributed by atoms with van der Waals surface area (Å²) >= 11 is 0. The Hall–Kier alpha value is -4.45. The maximum Gasteiger partial charge on any atom is 0.338 e. The predicted octanol–water partition coefficient (Wildman–Crippen LogP) is 0.990. The van der Waals surface area contributed by atoms with E-state index in [2.05, 4.69) is 10.7 Å². The summed E-state index contributed by atoms with van der Waals surface area (Å²) in [6, 6.07) is 12.7. The van der Waals surface area contributed by atoms with E-state index in [0.717, 1.165) is 5.56 Å². The Morgan fingerprint density at radius 3 is 2.36 bits per heavy atom. The first-order valence-corrected chi connectivity index (χ1v) is 11.3. The molecule has 0 atom stereocenters. The molecule has 0 radical (unpaired) electrons. The molecular formula is C24H29FN8O3. The van der Waals surface area contributed by atoms with Crippen LogP contribution in [0.1, 0.15) is 25.0 Å². The van der Waals surface area contributed by atoms with Gasteiger partial charge >= 0.3 is 5.69 Å². The van der Waals surface area contributed by atoms with Gasteiger partial charge in [0.25, 0.3) is 5.56 Å². The number of benzene rings is 2. The minimum absolute atomic E-state index is 0.0770. The van der Waals surface area contributed by atoms with Crippen molar-refractivity contribution in [1.29, 1.82) is 5.41 Å². The third-order valence-corrected chi connectivity index (χ3v) is 5.50. The second-order valence-corrected chi connectivity index (χ2v) is 7.94. The number of carbonyl (C=O) groups excluding carboxylic acids is 1. The molecule has 36 heavy (non-hydrogen) atoms. The summed E-state index contributed by atoms with van der Waals surface area (Å²) in [5.74, 6) is -1.79. The van der Waals surface area contributed by atoms with Crippen LogP contribution in [0.3, 0.4) is 0 Å². The third-order valence-electron chi connectivity index (χ3n) is 5.50. The summed E-state index contributed by atoms with van der Waals surface area (Å²) in [5, 5.41) is 11.7. The highest BCUT2D eigenvalue weighted by Gasteiger charge is 2.23. The van der Waals surface area contributed by atoms with Crippen LogP contribution >= 0.6 is 0 Å². The first kappa shape index (κ1) is 26.2. The average Bonchev–Trinajstić information content (AvgIpc) is 2.86. The standard InChI is InChI=1S/C24H29FN8O3/c1-3-31(4-2)30-20-21(25)33(18-7-5-6-17(26)12-18)24(36)32(23(20)35)14-19(34)29-13-15-8-10-16(11-9-15)22(27)28/h5-12,30H,3-4,13-14,26H2,1-2H3,(H3,27,28)(H,29,34). The van der Waals surface area contributed by atoms with Gasteiger partial charge in [0.05, 0.1) is 5.69 Å². The first-order valence-electron chi connectivity index (χ1n) is 11.3. The van der Waals surface area contributed by atoms with Crippen molar-refractivity contribution >= 4 is 23.1 Å². The Kier molecular flexibility index (Phi) is 8.22. The van der Waals surface area contributed by atoms with E-state index in [1.165, 1.54) is 12.1 Å². The zero-order valence-electron chi connectivity index (χ0n) is 20.0. The molecule has 0 fully saturated rings. The molecule has 0 bridgehead atoms. The maximum absolute atomic E-state index is 15.5. The zero-order chi connectivity index (χ0) is 26.4. The van der Waals surface area contributed by atoms with Gasteiger partial charge in [-0.3, -0.25) is 15.0 Å². The molecular weight excluding hydrogens is 467 g/mol. The number of nitrogens with zero attached hydrogens (tertiary/aromatic N) is 3. The van der Waals surface area contributed by atoms with Crippen LogP contribution in [0, 0.1) is 11.4 Å². The largest absolute Gasteiger partial charge is 0.399 e. The average molecular weight is 497 g/mol. The van der Waals surface area contributed by atoms with Crippen LogP contribution in [-0.2, 0) is 17.9 Å². The molecule has 0 aliphatic rings. The number of nitrogens with two attached hydrogens (primary N) is 2. The third kappa shape index (κ3) is 5.78. The number of amidine groups is 1. The number of nitrogens with one attached hydrogen (secondary N) is 3. The minimum atomic E-state index is -1.09. The highest BCUT2D eigenvalue weighted by Crippen LogP contribution is 2.16. The highest BCUT2D eigenvalue weighted by atomic mass is 19.1. The topological polar surface area (TPSA) is 164 Å². The molecule has 7 N–H and O–H groups in total. The van der Waals surface area contributed by atoms with Crippen molar-refractivity contribution < 1.29 is 9.18 Å². The van der Waals surface area contributed by atoms with Crippen LogP contribution < -0.4 is 33.5 Å². The van der Waals surface area contributed by atoms with Gasteiger partial charge in [-0.05, 0) is 23.8 Å². The van der Waals surface area contributed by atoms with Crippen LogP contribution in [0.25, 0.3) is 5.69 Å². The van der Waals surface area contributed by atoms with E-state index in [1.54, 1.807) is 41.4 Å². The number of nitrogen functional groups attached to an aromatic ring is 2. The summed E-state index contributed by atoms with van der Waals surface area (Å²) in [6.45, 7) is 4.03. The van der Waals surface area contributed by atoms with Crippen LogP contribution in [-0.4, -0.2) is 39.0 Å². The first-order chi connectivity index (χ1) is 17.2. The number of carbonyl (C=O) groups is 1. The lowest BCUT2D eigenvalue weighted by molar-refractivity contribution is -0.121. The van der Waals surface area contributed by atoms with E-state index < -0.39 is 35.3 Å². The minimum Gasteiger partial charge on any atom is -0.399 e. The molecule has 11 nitrogen and oxygen atoms in total. The maximum atomic E-state index is 15.5. The Morgan fingerprint density at radius 1 is 1.11 bits per heavy atom. The van der Waals surface area contributed by atoms with Gasteiger partial charge in [-0.1, -0.05) is 44.2 Å².